The van der Waals surface area contributed by atoms with Gasteiger partial charge < -0.3 is 9.13 Å². The molecular weight excluding hydrogens is 316 g/mol. The number of alkyl halides is 1. The van der Waals surface area contributed by atoms with Crippen LogP contribution in [-0.2, 0) is 19.0 Å². The summed E-state index contributed by atoms with van der Waals surface area (Å²) in [4.78, 5) is 4.39. The monoisotopic (exact) mass is 327 g/mol. The molecule has 0 unspecified atom stereocenters. The van der Waals surface area contributed by atoms with Crippen LogP contribution in [0.25, 0.3) is 11.0 Å². The number of hydrogen-bond acceptors (Lipinski definition) is 3. The second-order valence-corrected chi connectivity index (χ2v) is 5.21. The molecule has 5 nitrogen and oxygen atoms in total. The van der Waals surface area contributed by atoms with Crippen LogP contribution in [0.2, 0.25) is 5.02 Å². The van der Waals surface area contributed by atoms with Crippen LogP contribution in [0, 0.1) is 5.82 Å². The van der Waals surface area contributed by atoms with E-state index in [1.165, 1.54) is 12.1 Å². The molecule has 0 aliphatic heterocycles. The summed E-state index contributed by atoms with van der Waals surface area (Å²) < 4.78 is 17.5. The Hall–Kier alpha value is -1.66. The van der Waals surface area contributed by atoms with Gasteiger partial charge in [0.25, 0.3) is 0 Å². The van der Waals surface area contributed by atoms with Crippen molar-refractivity contribution in [3.05, 3.63) is 40.9 Å². The first-order chi connectivity index (χ1) is 10.1. The van der Waals surface area contributed by atoms with Gasteiger partial charge in [-0.1, -0.05) is 11.6 Å². The number of halogens is 3. The van der Waals surface area contributed by atoms with Crippen LogP contribution in [0.1, 0.15) is 18.6 Å². The highest BCUT2D eigenvalue weighted by Gasteiger charge is 2.15. The largest absolute Gasteiger partial charge is 0.319 e. The van der Waals surface area contributed by atoms with Gasteiger partial charge in [0.05, 0.1) is 28.5 Å². The summed E-state index contributed by atoms with van der Waals surface area (Å²) in [5, 5.41) is 8.02. The van der Waals surface area contributed by atoms with Crippen LogP contribution in [0.3, 0.4) is 0 Å². The summed E-state index contributed by atoms with van der Waals surface area (Å²) in [6.45, 7) is 3.18. The Balaban J connectivity index is 2.14. The standard InChI is InChI=1S/C13H12Cl2FN5/c1-2-20-7-17-19-13(20)6-21-11-4-9(16)8(15)3-10(11)18-12(21)5-14/h3-4,7H,2,5-6H2,1H3. The van der Waals surface area contributed by atoms with Gasteiger partial charge in [-0.15, -0.1) is 21.8 Å². The molecule has 8 heteroatoms. The molecule has 1 aromatic carbocycles. The predicted octanol–water partition coefficient (Wildman–Crippen LogP) is 3.23. The molecule has 2 aromatic heterocycles. The molecule has 0 aliphatic carbocycles. The first-order valence-corrected chi connectivity index (χ1v) is 7.32. The van der Waals surface area contributed by atoms with Crippen molar-refractivity contribution in [3.63, 3.8) is 0 Å². The van der Waals surface area contributed by atoms with E-state index in [1.54, 1.807) is 6.33 Å². The minimum Gasteiger partial charge on any atom is -0.319 e. The molecule has 21 heavy (non-hydrogen) atoms. The zero-order chi connectivity index (χ0) is 15.0. The number of imidazole rings is 1. The Morgan fingerprint density at radius 2 is 2.10 bits per heavy atom. The molecule has 0 radical (unpaired) electrons. The minimum absolute atomic E-state index is 0.0463. The summed E-state index contributed by atoms with van der Waals surface area (Å²) in [5.41, 5.74) is 1.25. The second kappa shape index (κ2) is 5.61. The van der Waals surface area contributed by atoms with Crippen molar-refractivity contribution in [1.29, 1.82) is 0 Å². The maximum Gasteiger partial charge on any atom is 0.152 e. The number of hydrogen-bond donors (Lipinski definition) is 0. The zero-order valence-corrected chi connectivity index (χ0v) is 12.7. The van der Waals surface area contributed by atoms with Crippen molar-refractivity contribution in [3.8, 4) is 0 Å². The van der Waals surface area contributed by atoms with Gasteiger partial charge in [0.2, 0.25) is 0 Å². The van der Waals surface area contributed by atoms with E-state index in [1.807, 2.05) is 16.1 Å². The predicted molar refractivity (Wildman–Crippen MR) is 79.1 cm³/mol. The Morgan fingerprint density at radius 1 is 1.29 bits per heavy atom. The number of aryl methyl sites for hydroxylation is 1. The van der Waals surface area contributed by atoms with Crippen LogP contribution in [0.15, 0.2) is 18.5 Å². The number of nitrogens with zero attached hydrogens (tertiary/aromatic N) is 5. The average molecular weight is 328 g/mol. The lowest BCUT2D eigenvalue weighted by molar-refractivity contribution is 0.625. The van der Waals surface area contributed by atoms with Crippen molar-refractivity contribution in [2.75, 3.05) is 0 Å². The fourth-order valence-electron chi connectivity index (χ4n) is 2.26. The quantitative estimate of drug-likeness (QED) is 0.691. The molecule has 2 heterocycles. The molecule has 0 spiro atoms. The summed E-state index contributed by atoms with van der Waals surface area (Å²) in [6, 6.07) is 2.87. The maximum atomic E-state index is 13.7. The van der Waals surface area contributed by atoms with E-state index < -0.39 is 5.82 Å². The highest BCUT2D eigenvalue weighted by atomic mass is 35.5. The lowest BCUT2D eigenvalue weighted by Gasteiger charge is -2.08. The molecule has 3 rings (SSSR count). The van der Waals surface area contributed by atoms with Crippen molar-refractivity contribution >= 4 is 34.2 Å². The SMILES string of the molecule is CCn1cnnc1Cn1c(CCl)nc2cc(Cl)c(F)cc21. The summed E-state index contributed by atoms with van der Waals surface area (Å²) in [5.74, 6) is 1.13. The average Bonchev–Trinajstić information content (AvgIpc) is 3.05. The molecule has 0 bridgehead atoms. The molecule has 0 saturated carbocycles. The van der Waals surface area contributed by atoms with Crippen molar-refractivity contribution in [1.82, 2.24) is 24.3 Å². The fourth-order valence-corrected chi connectivity index (χ4v) is 2.62. The molecule has 0 amide bonds. The lowest BCUT2D eigenvalue weighted by Crippen LogP contribution is -2.10. The van der Waals surface area contributed by atoms with E-state index >= 15 is 0 Å². The lowest BCUT2D eigenvalue weighted by atomic mass is 10.3. The zero-order valence-electron chi connectivity index (χ0n) is 11.2. The maximum absolute atomic E-state index is 13.7. The summed E-state index contributed by atoms with van der Waals surface area (Å²) in [7, 11) is 0. The Kier molecular flexibility index (Phi) is 3.82. The third-order valence-corrected chi connectivity index (χ3v) is 3.85. The molecule has 0 aliphatic rings. The fraction of sp³-hybridized carbons (Fsp3) is 0.308. The van der Waals surface area contributed by atoms with Gasteiger partial charge in [-0.3, -0.25) is 0 Å². The normalized spacial score (nSPS) is 11.4. The first kappa shape index (κ1) is 14.3. The third kappa shape index (κ3) is 2.49. The molecule has 0 saturated heterocycles. The van der Waals surface area contributed by atoms with Gasteiger partial charge in [0.1, 0.15) is 18.0 Å². The van der Waals surface area contributed by atoms with E-state index in [9.17, 15) is 4.39 Å². The minimum atomic E-state index is -0.483. The topological polar surface area (TPSA) is 48.5 Å². The third-order valence-electron chi connectivity index (χ3n) is 3.32. The van der Waals surface area contributed by atoms with E-state index in [0.717, 1.165) is 12.4 Å². The van der Waals surface area contributed by atoms with E-state index in [0.29, 0.717) is 23.4 Å². The molecular formula is C13H12Cl2FN5. The Morgan fingerprint density at radius 3 is 2.81 bits per heavy atom. The van der Waals surface area contributed by atoms with Crippen LogP contribution >= 0.6 is 23.2 Å². The second-order valence-electron chi connectivity index (χ2n) is 4.54. The number of benzene rings is 1. The smallest absolute Gasteiger partial charge is 0.152 e. The van der Waals surface area contributed by atoms with Crippen molar-refractivity contribution in [2.45, 2.75) is 25.9 Å². The van der Waals surface area contributed by atoms with Gasteiger partial charge in [-0.25, -0.2) is 9.37 Å². The van der Waals surface area contributed by atoms with Gasteiger partial charge >= 0.3 is 0 Å². The van der Waals surface area contributed by atoms with Crippen LogP contribution in [0.4, 0.5) is 4.39 Å². The highest BCUT2D eigenvalue weighted by molar-refractivity contribution is 6.31. The molecule has 110 valence electrons. The number of rotatable bonds is 4. The van der Waals surface area contributed by atoms with E-state index in [-0.39, 0.29) is 10.9 Å². The van der Waals surface area contributed by atoms with Gasteiger partial charge in [-0.2, -0.15) is 0 Å². The van der Waals surface area contributed by atoms with Crippen molar-refractivity contribution < 1.29 is 4.39 Å². The molecule has 0 N–H and O–H groups in total. The highest BCUT2D eigenvalue weighted by Crippen LogP contribution is 2.25. The number of aromatic nitrogens is 5. The van der Waals surface area contributed by atoms with Crippen LogP contribution in [0.5, 0.6) is 0 Å². The first-order valence-electron chi connectivity index (χ1n) is 6.40. The summed E-state index contributed by atoms with van der Waals surface area (Å²) >= 11 is 11.7. The number of fused-ring (bicyclic) bond motifs is 1. The Bertz CT molecular complexity index is 795. The summed E-state index contributed by atoms with van der Waals surface area (Å²) in [6.07, 6.45) is 1.66. The van der Waals surface area contributed by atoms with Gasteiger partial charge in [-0.05, 0) is 13.0 Å². The van der Waals surface area contributed by atoms with Crippen molar-refractivity contribution in [2.24, 2.45) is 0 Å². The van der Waals surface area contributed by atoms with Crippen LogP contribution < -0.4 is 0 Å². The van der Waals surface area contributed by atoms with E-state index in [4.69, 9.17) is 23.2 Å². The molecule has 0 fully saturated rings. The Labute approximate surface area is 130 Å². The molecule has 0 atom stereocenters. The van der Waals surface area contributed by atoms with E-state index in [2.05, 4.69) is 15.2 Å². The van der Waals surface area contributed by atoms with Crippen LogP contribution in [-0.4, -0.2) is 24.3 Å². The molecule has 3 aromatic rings. The van der Waals surface area contributed by atoms with Gasteiger partial charge in [0, 0.05) is 12.6 Å². The van der Waals surface area contributed by atoms with Gasteiger partial charge in [0.15, 0.2) is 5.82 Å².